The number of piperazine rings is 1. The predicted molar refractivity (Wildman–Crippen MR) is 122 cm³/mol. The van der Waals surface area contributed by atoms with Crippen molar-refractivity contribution in [1.82, 2.24) is 14.9 Å². The number of aromatic nitrogens is 2. The fourth-order valence-corrected chi connectivity index (χ4v) is 4.46. The van der Waals surface area contributed by atoms with E-state index in [-0.39, 0.29) is 5.82 Å². The van der Waals surface area contributed by atoms with Crippen molar-refractivity contribution in [3.05, 3.63) is 82.9 Å². The molecule has 160 valence electrons. The Morgan fingerprint density at radius 3 is 2.42 bits per heavy atom. The van der Waals surface area contributed by atoms with E-state index in [0.717, 1.165) is 58.2 Å². The second-order valence-electron chi connectivity index (χ2n) is 8.51. The highest BCUT2D eigenvalue weighted by Gasteiger charge is 2.23. The second-order valence-corrected chi connectivity index (χ2v) is 8.51. The average molecular weight is 418 g/mol. The van der Waals surface area contributed by atoms with Gasteiger partial charge >= 0.3 is 0 Å². The molecule has 0 aliphatic carbocycles. The van der Waals surface area contributed by atoms with Gasteiger partial charge in [0.05, 0.1) is 11.4 Å². The minimum atomic E-state index is -0.156. The number of aryl methyl sites for hydroxylation is 1. The molecule has 1 saturated heterocycles. The fraction of sp³-hybridized carbons (Fsp3) is 0.360. The first-order chi connectivity index (χ1) is 15.2. The molecule has 0 atom stereocenters. The number of rotatable bonds is 4. The van der Waals surface area contributed by atoms with Crippen LogP contribution in [0.5, 0.6) is 0 Å². The van der Waals surface area contributed by atoms with Crippen LogP contribution in [-0.2, 0) is 19.5 Å². The van der Waals surface area contributed by atoms with Crippen LogP contribution in [0.2, 0.25) is 0 Å². The zero-order valence-electron chi connectivity index (χ0n) is 18.0. The molecule has 2 aliphatic rings. The van der Waals surface area contributed by atoms with E-state index < -0.39 is 0 Å². The summed E-state index contributed by atoms with van der Waals surface area (Å²) in [6.45, 7) is 8.12. The SMILES string of the molecule is Cc1ccc(CN2CCc3nc(N4CCN(c5ccccc5F)CC4)ncc3C2)cc1. The Morgan fingerprint density at radius 2 is 1.65 bits per heavy atom. The lowest BCUT2D eigenvalue weighted by molar-refractivity contribution is 0.243. The van der Waals surface area contributed by atoms with Gasteiger partial charge in [-0.2, -0.15) is 0 Å². The molecule has 3 aromatic rings. The topological polar surface area (TPSA) is 35.5 Å². The molecule has 0 unspecified atom stereocenters. The summed E-state index contributed by atoms with van der Waals surface area (Å²) in [6, 6.07) is 15.8. The molecule has 2 aliphatic heterocycles. The van der Waals surface area contributed by atoms with E-state index >= 15 is 0 Å². The van der Waals surface area contributed by atoms with Crippen molar-refractivity contribution in [3.8, 4) is 0 Å². The van der Waals surface area contributed by atoms with Gasteiger partial charge in [0.1, 0.15) is 5.82 Å². The van der Waals surface area contributed by atoms with Gasteiger partial charge in [-0.1, -0.05) is 42.0 Å². The van der Waals surface area contributed by atoms with Crippen molar-refractivity contribution < 1.29 is 4.39 Å². The lowest BCUT2D eigenvalue weighted by atomic mass is 10.1. The maximum absolute atomic E-state index is 14.1. The zero-order chi connectivity index (χ0) is 21.2. The summed E-state index contributed by atoms with van der Waals surface area (Å²) in [5.41, 5.74) is 5.72. The van der Waals surface area contributed by atoms with Gasteiger partial charge in [0.25, 0.3) is 0 Å². The molecule has 0 spiro atoms. The van der Waals surface area contributed by atoms with Crippen LogP contribution in [0.15, 0.2) is 54.7 Å². The van der Waals surface area contributed by atoms with Crippen LogP contribution in [-0.4, -0.2) is 47.6 Å². The van der Waals surface area contributed by atoms with Crippen molar-refractivity contribution in [2.45, 2.75) is 26.4 Å². The van der Waals surface area contributed by atoms with Gasteiger partial charge in [-0.15, -0.1) is 0 Å². The quantitative estimate of drug-likeness (QED) is 0.645. The first kappa shape index (κ1) is 19.9. The highest BCUT2D eigenvalue weighted by Crippen LogP contribution is 2.24. The Kier molecular flexibility index (Phi) is 5.55. The number of benzene rings is 2. The van der Waals surface area contributed by atoms with Gasteiger partial charge in [-0.05, 0) is 24.6 Å². The maximum atomic E-state index is 14.1. The highest BCUT2D eigenvalue weighted by molar-refractivity contribution is 5.49. The first-order valence-electron chi connectivity index (χ1n) is 11.0. The number of hydrogen-bond donors (Lipinski definition) is 0. The van der Waals surface area contributed by atoms with Crippen molar-refractivity contribution in [2.75, 3.05) is 42.5 Å². The standard InChI is InChI=1S/C25H28FN5/c1-19-6-8-20(9-7-19)17-29-11-10-23-21(18-29)16-27-25(28-23)31-14-12-30(13-15-31)24-5-3-2-4-22(24)26/h2-9,16H,10-15,17-18H2,1H3. The van der Waals surface area contributed by atoms with Gasteiger partial charge in [-0.3, -0.25) is 4.90 Å². The Balaban J connectivity index is 1.21. The number of para-hydroxylation sites is 1. The summed E-state index contributed by atoms with van der Waals surface area (Å²) in [5.74, 6) is 0.648. The number of halogens is 1. The fourth-order valence-electron chi connectivity index (χ4n) is 4.46. The molecule has 5 nitrogen and oxygen atoms in total. The molecule has 0 bridgehead atoms. The Bertz CT molecular complexity index is 1040. The minimum Gasteiger partial charge on any atom is -0.366 e. The molecular formula is C25H28FN5. The van der Waals surface area contributed by atoms with Crippen LogP contribution in [0.4, 0.5) is 16.0 Å². The van der Waals surface area contributed by atoms with E-state index in [1.807, 2.05) is 18.3 Å². The lowest BCUT2D eigenvalue weighted by Gasteiger charge is -2.36. The van der Waals surface area contributed by atoms with Crippen LogP contribution in [0.25, 0.3) is 0 Å². The third-order valence-corrected chi connectivity index (χ3v) is 6.28. The molecular weight excluding hydrogens is 389 g/mol. The molecule has 0 N–H and O–H groups in total. The van der Waals surface area contributed by atoms with Crippen LogP contribution in [0.1, 0.15) is 22.4 Å². The van der Waals surface area contributed by atoms with Crippen molar-refractivity contribution in [3.63, 3.8) is 0 Å². The highest BCUT2D eigenvalue weighted by atomic mass is 19.1. The van der Waals surface area contributed by atoms with Gasteiger partial charge in [0.2, 0.25) is 5.95 Å². The number of anilines is 2. The van der Waals surface area contributed by atoms with Crippen LogP contribution < -0.4 is 9.80 Å². The summed E-state index contributed by atoms with van der Waals surface area (Å²) >= 11 is 0. The van der Waals surface area contributed by atoms with E-state index in [2.05, 4.69) is 50.9 Å². The summed E-state index contributed by atoms with van der Waals surface area (Å²) in [4.78, 5) is 16.4. The predicted octanol–water partition coefficient (Wildman–Crippen LogP) is 3.81. The Hall–Kier alpha value is -2.99. The molecule has 0 saturated carbocycles. The third kappa shape index (κ3) is 4.39. The maximum Gasteiger partial charge on any atom is 0.225 e. The Morgan fingerprint density at radius 1 is 0.903 bits per heavy atom. The van der Waals surface area contributed by atoms with E-state index in [1.54, 1.807) is 6.07 Å². The smallest absolute Gasteiger partial charge is 0.225 e. The van der Waals surface area contributed by atoms with E-state index in [0.29, 0.717) is 5.69 Å². The van der Waals surface area contributed by atoms with E-state index in [4.69, 9.17) is 4.98 Å². The molecule has 31 heavy (non-hydrogen) atoms. The van der Waals surface area contributed by atoms with Gasteiger partial charge in [0.15, 0.2) is 0 Å². The number of nitrogens with zero attached hydrogens (tertiary/aromatic N) is 5. The third-order valence-electron chi connectivity index (χ3n) is 6.28. The second kappa shape index (κ2) is 8.63. The van der Waals surface area contributed by atoms with Crippen LogP contribution in [0, 0.1) is 12.7 Å². The largest absolute Gasteiger partial charge is 0.366 e. The summed E-state index contributed by atoms with van der Waals surface area (Å²) < 4.78 is 14.1. The van der Waals surface area contributed by atoms with E-state index in [9.17, 15) is 4.39 Å². The number of hydrogen-bond acceptors (Lipinski definition) is 5. The molecule has 2 aromatic carbocycles. The lowest BCUT2D eigenvalue weighted by Crippen LogP contribution is -2.47. The first-order valence-corrected chi connectivity index (χ1v) is 11.0. The van der Waals surface area contributed by atoms with Crippen molar-refractivity contribution >= 4 is 11.6 Å². The summed E-state index contributed by atoms with van der Waals surface area (Å²) in [7, 11) is 0. The molecule has 3 heterocycles. The monoisotopic (exact) mass is 417 g/mol. The summed E-state index contributed by atoms with van der Waals surface area (Å²) in [6.07, 6.45) is 2.95. The summed E-state index contributed by atoms with van der Waals surface area (Å²) in [5, 5.41) is 0. The van der Waals surface area contributed by atoms with Gasteiger partial charge in [0, 0.05) is 64.0 Å². The van der Waals surface area contributed by atoms with Gasteiger partial charge < -0.3 is 9.80 Å². The van der Waals surface area contributed by atoms with Crippen LogP contribution in [0.3, 0.4) is 0 Å². The zero-order valence-corrected chi connectivity index (χ0v) is 18.0. The molecule has 6 heteroatoms. The minimum absolute atomic E-state index is 0.156. The average Bonchev–Trinajstić information content (AvgIpc) is 2.81. The Labute approximate surface area is 183 Å². The molecule has 1 aromatic heterocycles. The number of fused-ring (bicyclic) bond motifs is 1. The molecule has 0 radical (unpaired) electrons. The van der Waals surface area contributed by atoms with Crippen molar-refractivity contribution in [1.29, 1.82) is 0 Å². The molecule has 5 rings (SSSR count). The van der Waals surface area contributed by atoms with E-state index in [1.165, 1.54) is 28.5 Å². The molecule has 1 fully saturated rings. The van der Waals surface area contributed by atoms with Crippen LogP contribution >= 0.6 is 0 Å². The normalized spacial score (nSPS) is 17.0. The van der Waals surface area contributed by atoms with Gasteiger partial charge in [-0.25, -0.2) is 14.4 Å². The molecule has 0 amide bonds. The van der Waals surface area contributed by atoms with Crippen molar-refractivity contribution in [2.24, 2.45) is 0 Å².